The van der Waals surface area contributed by atoms with Gasteiger partial charge in [-0.2, -0.15) is 0 Å². The van der Waals surface area contributed by atoms with Gasteiger partial charge in [0.1, 0.15) is 11.5 Å². The Hall–Kier alpha value is -3.16. The number of carbonyl (C=O) groups excluding carboxylic acids is 2. The first-order valence-electron chi connectivity index (χ1n) is 11.0. The van der Waals surface area contributed by atoms with Gasteiger partial charge in [-0.15, -0.1) is 11.8 Å². The van der Waals surface area contributed by atoms with E-state index in [2.05, 4.69) is 10.6 Å². The number of carbonyl (C=O) groups is 2. The number of nitrogens with one attached hydrogen (secondary N) is 2. The molecule has 0 fully saturated rings. The summed E-state index contributed by atoms with van der Waals surface area (Å²) in [6, 6.07) is 19.8. The van der Waals surface area contributed by atoms with Gasteiger partial charge in [0.25, 0.3) is 5.91 Å². The highest BCUT2D eigenvalue weighted by molar-refractivity contribution is 7.99. The van der Waals surface area contributed by atoms with Crippen LogP contribution in [0.25, 0.3) is 0 Å². The van der Waals surface area contributed by atoms with Gasteiger partial charge in [-0.25, -0.2) is 0 Å². The Morgan fingerprint density at radius 1 is 0.853 bits per heavy atom. The maximum absolute atomic E-state index is 12.7. The number of hydrogen-bond donors (Lipinski definition) is 2. The number of halogens is 1. The third kappa shape index (κ3) is 7.43. The lowest BCUT2D eigenvalue weighted by molar-refractivity contribution is -0.115. The van der Waals surface area contributed by atoms with Gasteiger partial charge < -0.3 is 20.1 Å². The SMILES string of the molecule is CCOc1cc(NC(=O)c2ccccc2)c(OCC)cc1NC(=O)CCSc1ccc(Cl)cc1. The van der Waals surface area contributed by atoms with Gasteiger partial charge in [-0.3, -0.25) is 9.59 Å². The van der Waals surface area contributed by atoms with Crippen LogP contribution in [0.5, 0.6) is 11.5 Å². The number of ether oxygens (including phenoxy) is 2. The molecule has 0 aromatic heterocycles. The van der Waals surface area contributed by atoms with Crippen molar-refractivity contribution in [3.05, 3.63) is 77.3 Å². The summed E-state index contributed by atoms with van der Waals surface area (Å²) in [5, 5.41) is 6.47. The normalized spacial score (nSPS) is 10.4. The van der Waals surface area contributed by atoms with Crippen molar-refractivity contribution in [2.45, 2.75) is 25.2 Å². The van der Waals surface area contributed by atoms with Crippen molar-refractivity contribution in [1.82, 2.24) is 0 Å². The van der Waals surface area contributed by atoms with Crippen molar-refractivity contribution in [2.24, 2.45) is 0 Å². The number of benzene rings is 3. The Balaban J connectivity index is 1.72. The molecule has 0 aliphatic carbocycles. The van der Waals surface area contributed by atoms with Crippen molar-refractivity contribution in [3.8, 4) is 11.5 Å². The molecular formula is C26H27ClN2O4S. The number of anilines is 2. The number of amides is 2. The second kappa shape index (κ2) is 12.9. The molecule has 0 saturated carbocycles. The lowest BCUT2D eigenvalue weighted by atomic mass is 10.2. The monoisotopic (exact) mass is 498 g/mol. The summed E-state index contributed by atoms with van der Waals surface area (Å²) in [5.41, 5.74) is 1.48. The van der Waals surface area contributed by atoms with E-state index in [0.717, 1.165) is 4.90 Å². The topological polar surface area (TPSA) is 76.7 Å². The second-order valence-electron chi connectivity index (χ2n) is 7.13. The summed E-state index contributed by atoms with van der Waals surface area (Å²) >= 11 is 7.49. The zero-order chi connectivity index (χ0) is 24.3. The molecule has 0 atom stereocenters. The van der Waals surface area contributed by atoms with Crippen LogP contribution in [0.2, 0.25) is 5.02 Å². The van der Waals surface area contributed by atoms with E-state index < -0.39 is 0 Å². The Kier molecular flexibility index (Phi) is 9.67. The van der Waals surface area contributed by atoms with Crippen LogP contribution in [-0.2, 0) is 4.79 Å². The lowest BCUT2D eigenvalue weighted by Crippen LogP contribution is -2.16. The summed E-state index contributed by atoms with van der Waals surface area (Å²) in [6.07, 6.45) is 0.315. The quantitative estimate of drug-likeness (QED) is 0.295. The van der Waals surface area contributed by atoms with E-state index in [9.17, 15) is 9.59 Å². The molecule has 0 heterocycles. The number of rotatable bonds is 11. The van der Waals surface area contributed by atoms with Gasteiger partial charge in [0.15, 0.2) is 0 Å². The van der Waals surface area contributed by atoms with Crippen LogP contribution in [0.1, 0.15) is 30.6 Å². The van der Waals surface area contributed by atoms with Crippen LogP contribution >= 0.6 is 23.4 Å². The molecule has 0 saturated heterocycles. The number of hydrogen-bond acceptors (Lipinski definition) is 5. The van der Waals surface area contributed by atoms with Crippen LogP contribution in [0.3, 0.4) is 0 Å². The van der Waals surface area contributed by atoms with E-state index in [0.29, 0.717) is 58.8 Å². The minimum atomic E-state index is -0.264. The van der Waals surface area contributed by atoms with Crippen molar-refractivity contribution in [3.63, 3.8) is 0 Å². The fourth-order valence-electron chi connectivity index (χ4n) is 3.09. The minimum Gasteiger partial charge on any atom is -0.492 e. The molecule has 2 N–H and O–H groups in total. The highest BCUT2D eigenvalue weighted by Gasteiger charge is 2.17. The van der Waals surface area contributed by atoms with Crippen molar-refractivity contribution < 1.29 is 19.1 Å². The standard InChI is InChI=1S/C26H27ClN2O4S/c1-3-32-23-17-22(29-26(31)18-8-6-5-7-9-18)24(33-4-2)16-21(23)28-25(30)14-15-34-20-12-10-19(27)11-13-20/h5-13,16-17H,3-4,14-15H2,1-2H3,(H,28,30)(H,29,31). The molecule has 3 rings (SSSR count). The largest absolute Gasteiger partial charge is 0.492 e. The molecular weight excluding hydrogens is 472 g/mol. The average molecular weight is 499 g/mol. The van der Waals surface area contributed by atoms with Gasteiger partial charge in [-0.05, 0) is 50.2 Å². The van der Waals surface area contributed by atoms with Crippen molar-refractivity contribution >= 4 is 46.6 Å². The molecule has 0 bridgehead atoms. The third-order valence-electron chi connectivity index (χ3n) is 4.65. The summed E-state index contributed by atoms with van der Waals surface area (Å²) < 4.78 is 11.5. The van der Waals surface area contributed by atoms with Crippen LogP contribution in [0.4, 0.5) is 11.4 Å². The summed E-state index contributed by atoms with van der Waals surface area (Å²) in [5.74, 6) is 1.10. The molecule has 178 valence electrons. The fourth-order valence-corrected chi connectivity index (χ4v) is 4.07. The lowest BCUT2D eigenvalue weighted by Gasteiger charge is -2.18. The van der Waals surface area contributed by atoms with Gasteiger partial charge in [0, 0.05) is 39.8 Å². The van der Waals surface area contributed by atoms with Crippen LogP contribution in [-0.4, -0.2) is 30.8 Å². The molecule has 0 unspecified atom stereocenters. The van der Waals surface area contributed by atoms with E-state index in [1.54, 1.807) is 48.2 Å². The Labute approximate surface area is 209 Å². The molecule has 0 spiro atoms. The fraction of sp³-hybridized carbons (Fsp3) is 0.231. The molecule has 0 aliphatic rings. The van der Waals surface area contributed by atoms with Gasteiger partial charge in [-0.1, -0.05) is 29.8 Å². The summed E-state index contributed by atoms with van der Waals surface area (Å²) in [4.78, 5) is 26.3. The van der Waals surface area contributed by atoms with Crippen molar-refractivity contribution in [1.29, 1.82) is 0 Å². The van der Waals surface area contributed by atoms with Gasteiger partial charge in [0.2, 0.25) is 5.91 Å². The molecule has 8 heteroatoms. The van der Waals surface area contributed by atoms with E-state index >= 15 is 0 Å². The molecule has 2 amide bonds. The molecule has 34 heavy (non-hydrogen) atoms. The minimum absolute atomic E-state index is 0.147. The Morgan fingerprint density at radius 2 is 1.44 bits per heavy atom. The smallest absolute Gasteiger partial charge is 0.255 e. The van der Waals surface area contributed by atoms with E-state index in [1.807, 2.05) is 44.2 Å². The predicted octanol–water partition coefficient (Wildman–Crippen LogP) is 6.51. The third-order valence-corrected chi connectivity index (χ3v) is 5.92. The first-order chi connectivity index (χ1) is 16.5. The first-order valence-corrected chi connectivity index (χ1v) is 12.3. The van der Waals surface area contributed by atoms with Crippen molar-refractivity contribution in [2.75, 3.05) is 29.6 Å². The zero-order valence-corrected chi connectivity index (χ0v) is 20.7. The van der Waals surface area contributed by atoms with E-state index in [1.165, 1.54) is 0 Å². The highest BCUT2D eigenvalue weighted by atomic mass is 35.5. The second-order valence-corrected chi connectivity index (χ2v) is 8.74. The molecule has 0 radical (unpaired) electrons. The predicted molar refractivity (Wildman–Crippen MR) is 139 cm³/mol. The van der Waals surface area contributed by atoms with E-state index in [4.69, 9.17) is 21.1 Å². The van der Waals surface area contributed by atoms with Crippen LogP contribution in [0, 0.1) is 0 Å². The van der Waals surface area contributed by atoms with Crippen LogP contribution < -0.4 is 20.1 Å². The first kappa shape index (κ1) is 25.5. The van der Waals surface area contributed by atoms with Crippen LogP contribution in [0.15, 0.2) is 71.6 Å². The molecule has 3 aromatic carbocycles. The summed E-state index contributed by atoms with van der Waals surface area (Å²) in [6.45, 7) is 4.50. The zero-order valence-electron chi connectivity index (χ0n) is 19.1. The summed E-state index contributed by atoms with van der Waals surface area (Å²) in [7, 11) is 0. The highest BCUT2D eigenvalue weighted by Crippen LogP contribution is 2.37. The molecule has 6 nitrogen and oxygen atoms in total. The maximum Gasteiger partial charge on any atom is 0.255 e. The maximum atomic E-state index is 12.7. The van der Waals surface area contributed by atoms with E-state index in [-0.39, 0.29) is 11.8 Å². The van der Waals surface area contributed by atoms with Gasteiger partial charge in [0.05, 0.1) is 24.6 Å². The molecule has 0 aliphatic heterocycles. The Morgan fingerprint density at radius 3 is 2.03 bits per heavy atom. The number of thioether (sulfide) groups is 1. The van der Waals surface area contributed by atoms with Gasteiger partial charge >= 0.3 is 0 Å². The average Bonchev–Trinajstić information content (AvgIpc) is 2.83. The molecule has 3 aromatic rings. The Bertz CT molecular complexity index is 1110.